The molecule has 8 heteroatoms. The summed E-state index contributed by atoms with van der Waals surface area (Å²) in [6.07, 6.45) is 0. The number of ether oxygens (including phenoxy) is 1. The molecule has 0 radical (unpaired) electrons. The van der Waals surface area contributed by atoms with Gasteiger partial charge in [-0.25, -0.2) is 0 Å². The molecule has 0 aliphatic carbocycles. The van der Waals surface area contributed by atoms with Crippen LogP contribution in [0.4, 0.5) is 0 Å². The van der Waals surface area contributed by atoms with Crippen molar-refractivity contribution in [3.63, 3.8) is 0 Å². The highest BCUT2D eigenvalue weighted by atomic mass is 35.5. The van der Waals surface area contributed by atoms with Gasteiger partial charge in [0, 0.05) is 16.1 Å². The van der Waals surface area contributed by atoms with Crippen LogP contribution in [0, 0.1) is 0 Å². The SMILES string of the molecule is CCOc1ccc(-c2noc(CSc3ccc(-c4cccc(Cl)c4)nn3)n2)cc1. The highest BCUT2D eigenvalue weighted by Crippen LogP contribution is 2.25. The van der Waals surface area contributed by atoms with Gasteiger partial charge in [0.2, 0.25) is 11.7 Å². The van der Waals surface area contributed by atoms with Gasteiger partial charge in [-0.1, -0.05) is 40.7 Å². The van der Waals surface area contributed by atoms with E-state index in [2.05, 4.69) is 20.3 Å². The van der Waals surface area contributed by atoms with Crippen molar-refractivity contribution in [3.05, 3.63) is 71.6 Å². The molecule has 6 nitrogen and oxygen atoms in total. The molecule has 4 rings (SSSR count). The Morgan fingerprint density at radius 3 is 2.59 bits per heavy atom. The van der Waals surface area contributed by atoms with Crippen LogP contribution < -0.4 is 4.74 Å². The highest BCUT2D eigenvalue weighted by molar-refractivity contribution is 7.98. The minimum Gasteiger partial charge on any atom is -0.494 e. The van der Waals surface area contributed by atoms with Gasteiger partial charge in [-0.3, -0.25) is 0 Å². The van der Waals surface area contributed by atoms with Crippen molar-refractivity contribution in [2.75, 3.05) is 6.61 Å². The van der Waals surface area contributed by atoms with E-state index in [0.717, 1.165) is 27.6 Å². The number of aromatic nitrogens is 4. The van der Waals surface area contributed by atoms with E-state index < -0.39 is 0 Å². The molecule has 0 saturated heterocycles. The van der Waals surface area contributed by atoms with E-state index in [9.17, 15) is 0 Å². The Labute approximate surface area is 177 Å². The summed E-state index contributed by atoms with van der Waals surface area (Å²) >= 11 is 7.51. The van der Waals surface area contributed by atoms with Crippen LogP contribution in [0.25, 0.3) is 22.6 Å². The summed E-state index contributed by atoms with van der Waals surface area (Å²) < 4.78 is 10.8. The fourth-order valence-corrected chi connectivity index (χ4v) is 3.47. The summed E-state index contributed by atoms with van der Waals surface area (Å²) in [4.78, 5) is 4.44. The van der Waals surface area contributed by atoms with Crippen molar-refractivity contribution in [2.24, 2.45) is 0 Å². The third kappa shape index (κ3) is 4.93. The monoisotopic (exact) mass is 424 g/mol. The molecule has 0 aliphatic heterocycles. The Kier molecular flexibility index (Phi) is 6.07. The second kappa shape index (κ2) is 9.07. The molecular weight excluding hydrogens is 408 g/mol. The van der Waals surface area contributed by atoms with E-state index >= 15 is 0 Å². The van der Waals surface area contributed by atoms with Crippen LogP contribution >= 0.6 is 23.4 Å². The maximum absolute atomic E-state index is 6.03. The molecular formula is C21H17ClN4O2S. The van der Waals surface area contributed by atoms with Gasteiger partial charge >= 0.3 is 0 Å². The van der Waals surface area contributed by atoms with Gasteiger partial charge in [-0.05, 0) is 55.5 Å². The van der Waals surface area contributed by atoms with Gasteiger partial charge in [-0.15, -0.1) is 10.2 Å². The van der Waals surface area contributed by atoms with Crippen molar-refractivity contribution < 1.29 is 9.26 Å². The van der Waals surface area contributed by atoms with Crippen LogP contribution in [-0.4, -0.2) is 26.9 Å². The number of rotatable bonds is 7. The van der Waals surface area contributed by atoms with Crippen LogP contribution in [0.1, 0.15) is 12.8 Å². The third-order valence-electron chi connectivity index (χ3n) is 4.00. The van der Waals surface area contributed by atoms with Crippen molar-refractivity contribution in [3.8, 4) is 28.4 Å². The van der Waals surface area contributed by atoms with Gasteiger partial charge in [-0.2, -0.15) is 4.98 Å². The predicted octanol–water partition coefficient (Wildman–Crippen LogP) is 5.54. The molecule has 2 heterocycles. The number of benzene rings is 2. The average Bonchev–Trinajstić information content (AvgIpc) is 3.22. The van der Waals surface area contributed by atoms with Crippen LogP contribution in [0.5, 0.6) is 5.75 Å². The van der Waals surface area contributed by atoms with E-state index in [1.807, 2.05) is 67.6 Å². The fraction of sp³-hybridized carbons (Fsp3) is 0.143. The van der Waals surface area contributed by atoms with Gasteiger partial charge in [0.05, 0.1) is 18.1 Å². The van der Waals surface area contributed by atoms with Crippen molar-refractivity contribution in [1.82, 2.24) is 20.3 Å². The zero-order valence-electron chi connectivity index (χ0n) is 15.6. The fourth-order valence-electron chi connectivity index (χ4n) is 2.63. The average molecular weight is 425 g/mol. The van der Waals surface area contributed by atoms with E-state index in [1.165, 1.54) is 11.8 Å². The largest absolute Gasteiger partial charge is 0.494 e. The lowest BCUT2D eigenvalue weighted by atomic mass is 10.1. The minimum atomic E-state index is 0.509. The lowest BCUT2D eigenvalue weighted by Gasteiger charge is -2.02. The number of hydrogen-bond donors (Lipinski definition) is 0. The van der Waals surface area contributed by atoms with E-state index in [0.29, 0.717) is 29.1 Å². The summed E-state index contributed by atoms with van der Waals surface area (Å²) in [6.45, 7) is 2.58. The molecule has 0 aliphatic rings. The molecule has 2 aromatic carbocycles. The second-order valence-electron chi connectivity index (χ2n) is 6.02. The lowest BCUT2D eigenvalue weighted by molar-refractivity contribution is 0.340. The number of halogens is 1. The molecule has 2 aromatic heterocycles. The Morgan fingerprint density at radius 2 is 1.86 bits per heavy atom. The summed E-state index contributed by atoms with van der Waals surface area (Å²) in [6, 6.07) is 19.0. The summed E-state index contributed by atoms with van der Waals surface area (Å²) in [5, 5.41) is 14.0. The Balaban J connectivity index is 1.38. The first-order valence-corrected chi connectivity index (χ1v) is 10.4. The van der Waals surface area contributed by atoms with Gasteiger partial charge < -0.3 is 9.26 Å². The van der Waals surface area contributed by atoms with Crippen LogP contribution in [0.2, 0.25) is 5.02 Å². The van der Waals surface area contributed by atoms with Crippen LogP contribution in [-0.2, 0) is 5.75 Å². The molecule has 0 unspecified atom stereocenters. The number of thioether (sulfide) groups is 1. The van der Waals surface area contributed by atoms with E-state index in [4.69, 9.17) is 20.9 Å². The maximum Gasteiger partial charge on any atom is 0.237 e. The molecule has 0 fully saturated rings. The molecule has 0 atom stereocenters. The molecule has 0 bridgehead atoms. The molecule has 146 valence electrons. The molecule has 29 heavy (non-hydrogen) atoms. The van der Waals surface area contributed by atoms with Crippen molar-refractivity contribution in [1.29, 1.82) is 0 Å². The summed E-state index contributed by atoms with van der Waals surface area (Å²) in [5.74, 6) is 2.40. The zero-order valence-corrected chi connectivity index (χ0v) is 17.2. The number of nitrogens with zero attached hydrogens (tertiary/aromatic N) is 4. The predicted molar refractivity (Wildman–Crippen MR) is 113 cm³/mol. The van der Waals surface area contributed by atoms with Gasteiger partial charge in [0.15, 0.2) is 0 Å². The molecule has 0 spiro atoms. The normalized spacial score (nSPS) is 10.8. The maximum atomic E-state index is 6.03. The first-order chi connectivity index (χ1) is 14.2. The first-order valence-electron chi connectivity index (χ1n) is 8.99. The highest BCUT2D eigenvalue weighted by Gasteiger charge is 2.10. The van der Waals surface area contributed by atoms with Gasteiger partial charge in [0.1, 0.15) is 10.8 Å². The first kappa shape index (κ1) is 19.4. The van der Waals surface area contributed by atoms with Crippen LogP contribution in [0.3, 0.4) is 0 Å². The standard InChI is InChI=1S/C21H17ClN4O2S/c1-2-27-17-8-6-14(7-9-17)21-23-19(28-26-21)13-29-20-11-10-18(24-25-20)15-4-3-5-16(22)12-15/h3-12H,2,13H2,1H3. The van der Waals surface area contributed by atoms with E-state index in [-0.39, 0.29) is 0 Å². The quantitative estimate of drug-likeness (QED) is 0.360. The molecule has 0 saturated carbocycles. The molecule has 0 N–H and O–H groups in total. The Bertz CT molecular complexity index is 1080. The van der Waals surface area contributed by atoms with Crippen molar-refractivity contribution in [2.45, 2.75) is 17.7 Å². The second-order valence-corrected chi connectivity index (χ2v) is 7.46. The zero-order chi connectivity index (χ0) is 20.1. The lowest BCUT2D eigenvalue weighted by Crippen LogP contribution is -1.91. The van der Waals surface area contributed by atoms with E-state index in [1.54, 1.807) is 0 Å². The smallest absolute Gasteiger partial charge is 0.237 e. The third-order valence-corrected chi connectivity index (χ3v) is 5.14. The van der Waals surface area contributed by atoms with Crippen LogP contribution in [0.15, 0.2) is 70.2 Å². The Morgan fingerprint density at radius 1 is 1.00 bits per heavy atom. The Hall–Kier alpha value is -2.90. The molecule has 0 amide bonds. The minimum absolute atomic E-state index is 0.509. The molecule has 4 aromatic rings. The number of hydrogen-bond acceptors (Lipinski definition) is 7. The summed E-state index contributed by atoms with van der Waals surface area (Å²) in [5.41, 5.74) is 2.57. The topological polar surface area (TPSA) is 73.9 Å². The summed E-state index contributed by atoms with van der Waals surface area (Å²) in [7, 11) is 0. The van der Waals surface area contributed by atoms with Gasteiger partial charge in [0.25, 0.3) is 0 Å². The van der Waals surface area contributed by atoms with Crippen molar-refractivity contribution >= 4 is 23.4 Å².